The van der Waals surface area contributed by atoms with Crippen LogP contribution < -0.4 is 10.1 Å². The van der Waals surface area contributed by atoms with E-state index in [2.05, 4.69) is 10.3 Å². The number of Topliss-reactive ketones (excluding diaryl/α,β-unsaturated/α-hetero) is 1. The van der Waals surface area contributed by atoms with Gasteiger partial charge in [-0.3, -0.25) is 9.59 Å². The van der Waals surface area contributed by atoms with Crippen molar-refractivity contribution in [3.8, 4) is 5.88 Å². The second kappa shape index (κ2) is 8.13. The molecule has 5 heteroatoms. The van der Waals surface area contributed by atoms with Gasteiger partial charge in [0.05, 0.1) is 18.4 Å². The monoisotopic (exact) mass is 354 g/mol. The van der Waals surface area contributed by atoms with Gasteiger partial charge in [0.2, 0.25) is 5.88 Å². The van der Waals surface area contributed by atoms with Crippen molar-refractivity contribution in [2.24, 2.45) is 5.92 Å². The second-order valence-corrected chi connectivity index (χ2v) is 6.62. The molecule has 2 rings (SSSR count). The molecule has 1 aromatic heterocycles. The van der Waals surface area contributed by atoms with Gasteiger partial charge in [0.25, 0.3) is 5.91 Å². The van der Waals surface area contributed by atoms with Gasteiger partial charge in [-0.25, -0.2) is 4.98 Å². The Morgan fingerprint density at radius 1 is 1.19 bits per heavy atom. The van der Waals surface area contributed by atoms with Crippen molar-refractivity contribution in [2.45, 2.75) is 41.0 Å². The van der Waals surface area contributed by atoms with E-state index in [0.717, 1.165) is 17.5 Å². The van der Waals surface area contributed by atoms with Gasteiger partial charge < -0.3 is 10.1 Å². The Kier molecular flexibility index (Phi) is 6.14. The number of amides is 1. The average Bonchev–Trinajstić information content (AvgIpc) is 2.61. The molecule has 0 radical (unpaired) electrons. The zero-order valence-electron chi connectivity index (χ0n) is 16.3. The Hall–Kier alpha value is -2.69. The van der Waals surface area contributed by atoms with E-state index in [4.69, 9.17) is 4.74 Å². The van der Waals surface area contributed by atoms with Gasteiger partial charge >= 0.3 is 0 Å². The third kappa shape index (κ3) is 3.77. The topological polar surface area (TPSA) is 68.3 Å². The summed E-state index contributed by atoms with van der Waals surface area (Å²) in [7, 11) is 1.52. The number of hydrogen-bond donors (Lipinski definition) is 1. The van der Waals surface area contributed by atoms with E-state index in [1.165, 1.54) is 7.11 Å². The molecular weight excluding hydrogens is 328 g/mol. The fourth-order valence-corrected chi connectivity index (χ4v) is 3.04. The maximum absolute atomic E-state index is 13.0. The van der Waals surface area contributed by atoms with E-state index in [9.17, 15) is 9.59 Å². The van der Waals surface area contributed by atoms with Crippen molar-refractivity contribution in [2.75, 3.05) is 12.4 Å². The number of aryl methyl sites for hydroxylation is 2. The van der Waals surface area contributed by atoms with Crippen LogP contribution in [0.3, 0.4) is 0 Å². The van der Waals surface area contributed by atoms with Crippen LogP contribution in [0.5, 0.6) is 5.88 Å². The molecule has 0 saturated carbocycles. The molecule has 0 unspecified atom stereocenters. The minimum Gasteiger partial charge on any atom is -0.481 e. The number of pyridine rings is 1. The van der Waals surface area contributed by atoms with Crippen LogP contribution >= 0.6 is 0 Å². The molecule has 0 fully saturated rings. The van der Waals surface area contributed by atoms with E-state index in [1.54, 1.807) is 19.2 Å². The normalized spacial score (nSPS) is 10.7. The van der Waals surface area contributed by atoms with Crippen molar-refractivity contribution in [1.82, 2.24) is 4.98 Å². The SMILES string of the molecule is CCc1cccc(NC(=O)c2c(C)cnc(OC)c2C)c1C(=O)C(C)C. The maximum Gasteiger partial charge on any atom is 0.256 e. The highest BCUT2D eigenvalue weighted by Gasteiger charge is 2.22. The third-order valence-electron chi connectivity index (χ3n) is 4.44. The number of aromatic nitrogens is 1. The third-order valence-corrected chi connectivity index (χ3v) is 4.44. The van der Waals surface area contributed by atoms with Gasteiger partial charge in [-0.1, -0.05) is 32.9 Å². The predicted octanol–water partition coefficient (Wildman–Crippen LogP) is 4.36. The Bertz CT molecular complexity index is 841. The molecule has 26 heavy (non-hydrogen) atoms. The van der Waals surface area contributed by atoms with E-state index >= 15 is 0 Å². The van der Waals surface area contributed by atoms with Crippen molar-refractivity contribution in [3.63, 3.8) is 0 Å². The number of nitrogens with zero attached hydrogens (tertiary/aromatic N) is 1. The highest BCUT2D eigenvalue weighted by molar-refractivity contribution is 6.11. The summed E-state index contributed by atoms with van der Waals surface area (Å²) in [6.45, 7) is 9.36. The number of rotatable bonds is 6. The zero-order valence-corrected chi connectivity index (χ0v) is 16.3. The van der Waals surface area contributed by atoms with Crippen LogP contribution in [0.15, 0.2) is 24.4 Å². The predicted molar refractivity (Wildman–Crippen MR) is 103 cm³/mol. The van der Waals surface area contributed by atoms with Crippen molar-refractivity contribution in [1.29, 1.82) is 0 Å². The largest absolute Gasteiger partial charge is 0.481 e. The average molecular weight is 354 g/mol. The summed E-state index contributed by atoms with van der Waals surface area (Å²) in [6, 6.07) is 5.56. The van der Waals surface area contributed by atoms with Crippen LogP contribution in [0.1, 0.15) is 58.2 Å². The molecule has 0 bridgehead atoms. The fourth-order valence-electron chi connectivity index (χ4n) is 3.04. The molecule has 1 amide bonds. The number of ketones is 1. The molecule has 1 heterocycles. The summed E-state index contributed by atoms with van der Waals surface area (Å²) in [5, 5.41) is 2.93. The summed E-state index contributed by atoms with van der Waals surface area (Å²) in [4.78, 5) is 29.9. The quantitative estimate of drug-likeness (QED) is 0.783. The van der Waals surface area contributed by atoms with E-state index in [0.29, 0.717) is 28.3 Å². The molecule has 0 spiro atoms. The Balaban J connectivity index is 2.50. The number of carbonyl (C=O) groups excluding carboxylic acids is 2. The van der Waals surface area contributed by atoms with Crippen LogP contribution in [-0.4, -0.2) is 23.8 Å². The lowest BCUT2D eigenvalue weighted by atomic mass is 9.93. The minimum atomic E-state index is -0.272. The number of ether oxygens (including phenoxy) is 1. The smallest absolute Gasteiger partial charge is 0.256 e. The van der Waals surface area contributed by atoms with Crippen LogP contribution in [0.4, 0.5) is 5.69 Å². The fraction of sp³-hybridized carbons (Fsp3) is 0.381. The first-order valence-corrected chi connectivity index (χ1v) is 8.79. The molecule has 0 atom stereocenters. The van der Waals surface area contributed by atoms with Crippen LogP contribution in [0.2, 0.25) is 0 Å². The number of methoxy groups -OCH3 is 1. The van der Waals surface area contributed by atoms with Crippen molar-refractivity contribution < 1.29 is 14.3 Å². The van der Waals surface area contributed by atoms with Crippen LogP contribution in [0.25, 0.3) is 0 Å². The van der Waals surface area contributed by atoms with Crippen LogP contribution in [0, 0.1) is 19.8 Å². The number of anilines is 1. The highest BCUT2D eigenvalue weighted by Crippen LogP contribution is 2.27. The molecule has 0 aliphatic carbocycles. The number of hydrogen-bond acceptors (Lipinski definition) is 4. The van der Waals surface area contributed by atoms with E-state index < -0.39 is 0 Å². The zero-order chi connectivity index (χ0) is 19.4. The molecule has 5 nitrogen and oxygen atoms in total. The lowest BCUT2D eigenvalue weighted by Crippen LogP contribution is -2.20. The first kappa shape index (κ1) is 19.6. The highest BCUT2D eigenvalue weighted by atomic mass is 16.5. The van der Waals surface area contributed by atoms with Gasteiger partial charge in [0.1, 0.15) is 0 Å². The summed E-state index contributed by atoms with van der Waals surface area (Å²) < 4.78 is 5.23. The van der Waals surface area contributed by atoms with Crippen LogP contribution in [-0.2, 0) is 6.42 Å². The molecule has 1 aromatic carbocycles. The first-order chi connectivity index (χ1) is 12.3. The maximum atomic E-state index is 13.0. The second-order valence-electron chi connectivity index (χ2n) is 6.62. The summed E-state index contributed by atoms with van der Waals surface area (Å²) >= 11 is 0. The molecule has 138 valence electrons. The Morgan fingerprint density at radius 3 is 2.46 bits per heavy atom. The van der Waals surface area contributed by atoms with Crippen molar-refractivity contribution >= 4 is 17.4 Å². The van der Waals surface area contributed by atoms with Gasteiger partial charge in [-0.05, 0) is 37.5 Å². The molecule has 1 N–H and O–H groups in total. The summed E-state index contributed by atoms with van der Waals surface area (Å²) in [5.74, 6) is 0.0228. The number of carbonyl (C=O) groups is 2. The Morgan fingerprint density at radius 2 is 1.88 bits per heavy atom. The lowest BCUT2D eigenvalue weighted by molar-refractivity contribution is 0.0939. The van der Waals surface area contributed by atoms with Crippen molar-refractivity contribution in [3.05, 3.63) is 52.2 Å². The standard InChI is InChI=1S/C21H26N2O3/c1-7-15-9-8-10-16(18(15)19(24)12(2)3)23-20(25)17-13(4)11-22-21(26-6)14(17)5/h8-12H,7H2,1-6H3,(H,23,25). The molecular formula is C21H26N2O3. The molecule has 2 aromatic rings. The Labute approximate surface area is 154 Å². The van der Waals surface area contributed by atoms with E-state index in [1.807, 2.05) is 39.8 Å². The number of nitrogens with one attached hydrogen (secondary N) is 1. The molecule has 0 aliphatic rings. The minimum absolute atomic E-state index is 0.0264. The van der Waals surface area contributed by atoms with Gasteiger partial charge in [-0.15, -0.1) is 0 Å². The lowest BCUT2D eigenvalue weighted by Gasteiger charge is -2.17. The first-order valence-electron chi connectivity index (χ1n) is 8.79. The van der Waals surface area contributed by atoms with Gasteiger partial charge in [0, 0.05) is 23.2 Å². The summed E-state index contributed by atoms with van der Waals surface area (Å²) in [6.07, 6.45) is 2.34. The summed E-state index contributed by atoms with van der Waals surface area (Å²) in [5.41, 5.74) is 4.01. The van der Waals surface area contributed by atoms with E-state index in [-0.39, 0.29) is 17.6 Å². The molecule has 0 aliphatic heterocycles. The molecule has 0 saturated heterocycles. The number of benzene rings is 1. The van der Waals surface area contributed by atoms with Gasteiger partial charge in [0.15, 0.2) is 5.78 Å². The van der Waals surface area contributed by atoms with Gasteiger partial charge in [-0.2, -0.15) is 0 Å².